The first-order valence-electron chi connectivity index (χ1n) is 7.27. The molecule has 0 aromatic rings. The molecule has 0 spiro atoms. The second-order valence-electron chi connectivity index (χ2n) is 5.79. The Morgan fingerprint density at radius 2 is 1.88 bits per heavy atom. The van der Waals surface area contributed by atoms with Gasteiger partial charge in [0.15, 0.2) is 0 Å². The quantitative estimate of drug-likeness (QED) is 0.747. The van der Waals surface area contributed by atoms with Crippen molar-refractivity contribution in [3.63, 3.8) is 0 Å². The van der Waals surface area contributed by atoms with Gasteiger partial charge in [0.05, 0.1) is 12.7 Å². The first kappa shape index (κ1) is 13.3. The molecule has 2 aliphatic rings. The van der Waals surface area contributed by atoms with E-state index in [0.717, 1.165) is 13.2 Å². The molecule has 2 rings (SSSR count). The minimum Gasteiger partial charge on any atom is -0.376 e. The Kier molecular flexibility index (Phi) is 4.83. The Hall–Kier alpha value is -0.120. The number of likely N-dealkylation sites (N-methyl/N-ethyl adjacent to an activating group) is 1. The van der Waals surface area contributed by atoms with Gasteiger partial charge in [0.25, 0.3) is 0 Å². The third kappa shape index (κ3) is 3.21. The second-order valence-corrected chi connectivity index (χ2v) is 5.79. The van der Waals surface area contributed by atoms with Crippen LogP contribution >= 0.6 is 0 Å². The maximum absolute atomic E-state index is 5.75. The molecule has 0 aromatic carbocycles. The molecule has 0 amide bonds. The fraction of sp³-hybridized carbons (Fsp3) is 1.00. The number of nitrogens with zero attached hydrogens (tertiary/aromatic N) is 1. The van der Waals surface area contributed by atoms with Crippen LogP contribution in [0.4, 0.5) is 0 Å². The van der Waals surface area contributed by atoms with E-state index in [9.17, 15) is 0 Å². The normalized spacial score (nSPS) is 41.1. The minimum atomic E-state index is 0.395. The molecule has 1 N–H and O–H groups in total. The van der Waals surface area contributed by atoms with Crippen molar-refractivity contribution in [2.45, 2.75) is 70.2 Å². The van der Waals surface area contributed by atoms with Crippen molar-refractivity contribution >= 4 is 0 Å². The Labute approximate surface area is 106 Å². The monoisotopic (exact) mass is 240 g/mol. The molecule has 0 aromatic heterocycles. The van der Waals surface area contributed by atoms with Gasteiger partial charge in [-0.05, 0) is 33.7 Å². The minimum absolute atomic E-state index is 0.395. The molecule has 1 heterocycles. The summed E-state index contributed by atoms with van der Waals surface area (Å²) in [6, 6.07) is 1.96. The van der Waals surface area contributed by atoms with Crippen molar-refractivity contribution in [1.82, 2.24) is 10.2 Å². The van der Waals surface area contributed by atoms with Gasteiger partial charge < -0.3 is 10.1 Å². The van der Waals surface area contributed by atoms with Crippen LogP contribution in [0.1, 0.15) is 46.0 Å². The Balaban J connectivity index is 2.05. The van der Waals surface area contributed by atoms with Crippen LogP contribution in [0.2, 0.25) is 0 Å². The number of hydrogen-bond donors (Lipinski definition) is 1. The molecule has 3 nitrogen and oxygen atoms in total. The Bertz CT molecular complexity index is 234. The Morgan fingerprint density at radius 3 is 2.65 bits per heavy atom. The summed E-state index contributed by atoms with van der Waals surface area (Å²) >= 11 is 0. The summed E-state index contributed by atoms with van der Waals surface area (Å²) in [5.74, 6) is 0. The SMILES string of the molecule is CNC1CCCCCC1N1CC(C)OCC1C. The van der Waals surface area contributed by atoms with Crippen molar-refractivity contribution in [1.29, 1.82) is 0 Å². The topological polar surface area (TPSA) is 24.5 Å². The average Bonchev–Trinajstić information content (AvgIpc) is 2.57. The van der Waals surface area contributed by atoms with Crippen molar-refractivity contribution in [2.24, 2.45) is 0 Å². The van der Waals surface area contributed by atoms with Gasteiger partial charge in [0.1, 0.15) is 0 Å². The van der Waals surface area contributed by atoms with Crippen LogP contribution in [0, 0.1) is 0 Å². The molecule has 1 aliphatic carbocycles. The highest BCUT2D eigenvalue weighted by Gasteiger charge is 2.34. The van der Waals surface area contributed by atoms with E-state index in [2.05, 4.69) is 31.1 Å². The third-order valence-electron chi connectivity index (χ3n) is 4.43. The fourth-order valence-electron chi connectivity index (χ4n) is 3.41. The first-order chi connectivity index (χ1) is 8.22. The highest BCUT2D eigenvalue weighted by atomic mass is 16.5. The lowest BCUT2D eigenvalue weighted by Gasteiger charge is -2.44. The molecule has 1 saturated carbocycles. The van der Waals surface area contributed by atoms with Crippen LogP contribution in [0.15, 0.2) is 0 Å². The zero-order valence-corrected chi connectivity index (χ0v) is 11.6. The van der Waals surface area contributed by atoms with Crippen LogP contribution in [0.25, 0.3) is 0 Å². The summed E-state index contributed by atoms with van der Waals surface area (Å²) in [4.78, 5) is 2.70. The molecule has 4 unspecified atom stereocenters. The van der Waals surface area contributed by atoms with Crippen LogP contribution in [0.5, 0.6) is 0 Å². The van der Waals surface area contributed by atoms with Gasteiger partial charge in [0.2, 0.25) is 0 Å². The number of nitrogens with one attached hydrogen (secondary N) is 1. The highest BCUT2D eigenvalue weighted by molar-refractivity contribution is 4.90. The maximum Gasteiger partial charge on any atom is 0.0674 e. The average molecular weight is 240 g/mol. The smallest absolute Gasteiger partial charge is 0.0674 e. The van der Waals surface area contributed by atoms with Crippen molar-refractivity contribution in [3.05, 3.63) is 0 Å². The van der Waals surface area contributed by atoms with E-state index in [1.165, 1.54) is 32.1 Å². The van der Waals surface area contributed by atoms with E-state index in [1.54, 1.807) is 0 Å². The predicted molar refractivity (Wildman–Crippen MR) is 71.3 cm³/mol. The number of rotatable bonds is 2. The molecule has 2 fully saturated rings. The zero-order chi connectivity index (χ0) is 12.3. The largest absolute Gasteiger partial charge is 0.376 e. The predicted octanol–water partition coefficient (Wildman–Crippen LogP) is 2.02. The third-order valence-corrected chi connectivity index (χ3v) is 4.43. The van der Waals surface area contributed by atoms with Gasteiger partial charge in [-0.25, -0.2) is 0 Å². The number of ether oxygens (including phenoxy) is 1. The number of hydrogen-bond acceptors (Lipinski definition) is 3. The molecular weight excluding hydrogens is 212 g/mol. The highest BCUT2D eigenvalue weighted by Crippen LogP contribution is 2.26. The van der Waals surface area contributed by atoms with Crippen LogP contribution in [-0.2, 0) is 4.74 Å². The van der Waals surface area contributed by atoms with E-state index < -0.39 is 0 Å². The van der Waals surface area contributed by atoms with E-state index >= 15 is 0 Å². The van der Waals surface area contributed by atoms with E-state index in [4.69, 9.17) is 4.74 Å². The number of morpholine rings is 1. The molecule has 1 aliphatic heterocycles. The van der Waals surface area contributed by atoms with Crippen molar-refractivity contribution < 1.29 is 4.74 Å². The lowest BCUT2D eigenvalue weighted by Crippen LogP contribution is -2.57. The van der Waals surface area contributed by atoms with Crippen LogP contribution < -0.4 is 5.32 Å². The summed E-state index contributed by atoms with van der Waals surface area (Å²) in [7, 11) is 2.12. The summed E-state index contributed by atoms with van der Waals surface area (Å²) in [6.07, 6.45) is 7.26. The van der Waals surface area contributed by atoms with Gasteiger partial charge in [0, 0.05) is 24.7 Å². The molecule has 3 heteroatoms. The molecule has 4 atom stereocenters. The first-order valence-corrected chi connectivity index (χ1v) is 7.27. The summed E-state index contributed by atoms with van der Waals surface area (Å²) < 4.78 is 5.75. The van der Waals surface area contributed by atoms with Gasteiger partial charge in [-0.15, -0.1) is 0 Å². The van der Waals surface area contributed by atoms with E-state index in [-0.39, 0.29) is 0 Å². The molecule has 100 valence electrons. The van der Waals surface area contributed by atoms with Gasteiger partial charge in [-0.3, -0.25) is 4.90 Å². The maximum atomic E-state index is 5.75. The molecule has 0 radical (unpaired) electrons. The summed E-state index contributed by atoms with van der Waals surface area (Å²) in [5, 5.41) is 3.54. The van der Waals surface area contributed by atoms with E-state index in [1.807, 2.05) is 0 Å². The second kappa shape index (κ2) is 6.17. The standard InChI is InChI=1S/C14H28N2O/c1-11-10-17-12(2)9-16(11)14-8-6-4-5-7-13(14)15-3/h11-15H,4-10H2,1-3H3. The lowest BCUT2D eigenvalue weighted by atomic mass is 9.98. The van der Waals surface area contributed by atoms with Crippen molar-refractivity contribution in [3.8, 4) is 0 Å². The van der Waals surface area contributed by atoms with Gasteiger partial charge in [-0.2, -0.15) is 0 Å². The van der Waals surface area contributed by atoms with Gasteiger partial charge >= 0.3 is 0 Å². The van der Waals surface area contributed by atoms with Crippen LogP contribution in [-0.4, -0.2) is 49.3 Å². The van der Waals surface area contributed by atoms with E-state index in [0.29, 0.717) is 24.2 Å². The zero-order valence-electron chi connectivity index (χ0n) is 11.6. The fourth-order valence-corrected chi connectivity index (χ4v) is 3.41. The molecule has 1 saturated heterocycles. The van der Waals surface area contributed by atoms with Gasteiger partial charge in [-0.1, -0.05) is 19.3 Å². The molecule has 17 heavy (non-hydrogen) atoms. The summed E-state index contributed by atoms with van der Waals surface area (Å²) in [6.45, 7) is 6.51. The molecule has 0 bridgehead atoms. The lowest BCUT2D eigenvalue weighted by molar-refractivity contribution is -0.0720. The molecular formula is C14H28N2O. The summed E-state index contributed by atoms with van der Waals surface area (Å²) in [5.41, 5.74) is 0. The van der Waals surface area contributed by atoms with Crippen LogP contribution in [0.3, 0.4) is 0 Å². The van der Waals surface area contributed by atoms with Crippen molar-refractivity contribution in [2.75, 3.05) is 20.2 Å². The Morgan fingerprint density at radius 1 is 1.12 bits per heavy atom.